The Morgan fingerprint density at radius 2 is 1.78 bits per heavy atom. The van der Waals surface area contributed by atoms with Gasteiger partial charge in [0.25, 0.3) is 11.1 Å². The van der Waals surface area contributed by atoms with Gasteiger partial charge in [0.05, 0.1) is 15.0 Å². The van der Waals surface area contributed by atoms with Crippen molar-refractivity contribution in [3.8, 4) is 5.75 Å². The van der Waals surface area contributed by atoms with Crippen LogP contribution in [0.1, 0.15) is 25.0 Å². The van der Waals surface area contributed by atoms with Gasteiger partial charge in [-0.1, -0.05) is 41.4 Å². The van der Waals surface area contributed by atoms with Crippen LogP contribution in [0.2, 0.25) is 10.0 Å². The first-order valence-corrected chi connectivity index (χ1v) is 9.86. The van der Waals surface area contributed by atoms with Crippen LogP contribution in [0, 0.1) is 0 Å². The van der Waals surface area contributed by atoms with Crippen molar-refractivity contribution in [3.05, 3.63) is 68.5 Å². The van der Waals surface area contributed by atoms with Gasteiger partial charge in [-0.25, -0.2) is 0 Å². The van der Waals surface area contributed by atoms with Gasteiger partial charge >= 0.3 is 0 Å². The van der Waals surface area contributed by atoms with Gasteiger partial charge in [0.2, 0.25) is 0 Å². The first-order chi connectivity index (χ1) is 12.8. The maximum absolute atomic E-state index is 12.3. The molecule has 1 fully saturated rings. The molecule has 1 aliphatic heterocycles. The lowest BCUT2D eigenvalue weighted by molar-refractivity contribution is -0.123. The number of thioether (sulfide) groups is 1. The Morgan fingerprint density at radius 1 is 1.07 bits per heavy atom. The van der Waals surface area contributed by atoms with Crippen LogP contribution in [0.15, 0.2) is 47.4 Å². The maximum Gasteiger partial charge on any atom is 0.293 e. The molecule has 7 heteroatoms. The smallest absolute Gasteiger partial charge is 0.293 e. The maximum atomic E-state index is 12.3. The van der Waals surface area contributed by atoms with E-state index >= 15 is 0 Å². The van der Waals surface area contributed by atoms with Gasteiger partial charge < -0.3 is 4.74 Å². The Hall–Kier alpha value is -1.95. The predicted octanol–water partition coefficient (Wildman–Crippen LogP) is 6.02. The fourth-order valence-corrected chi connectivity index (χ4v) is 3.81. The van der Waals surface area contributed by atoms with Crippen LogP contribution in [0.4, 0.5) is 4.79 Å². The minimum Gasteiger partial charge on any atom is -0.489 e. The van der Waals surface area contributed by atoms with E-state index in [-0.39, 0.29) is 17.2 Å². The van der Waals surface area contributed by atoms with Crippen LogP contribution in [0.25, 0.3) is 6.08 Å². The van der Waals surface area contributed by atoms with Crippen molar-refractivity contribution in [1.82, 2.24) is 4.90 Å². The summed E-state index contributed by atoms with van der Waals surface area (Å²) in [6.07, 6.45) is 1.72. The molecule has 0 saturated carbocycles. The van der Waals surface area contributed by atoms with Crippen molar-refractivity contribution in [3.63, 3.8) is 0 Å². The van der Waals surface area contributed by atoms with Gasteiger partial charge in [-0.3, -0.25) is 14.5 Å². The van der Waals surface area contributed by atoms with Crippen LogP contribution in [0.5, 0.6) is 5.75 Å². The molecular weight excluding hydrogens is 405 g/mol. The standard InChI is InChI=1S/C20H17Cl2NO3S/c1-12(2)23-19(24)18(27-20(23)25)10-13-3-6-15(7-4-13)26-11-14-5-8-16(21)17(22)9-14/h3-10,12H,11H2,1-2H3/b18-10+. The van der Waals surface area contributed by atoms with Crippen LogP contribution in [0.3, 0.4) is 0 Å². The van der Waals surface area contributed by atoms with E-state index in [1.165, 1.54) is 4.90 Å². The number of ether oxygens (including phenoxy) is 1. The number of halogens is 2. The predicted molar refractivity (Wildman–Crippen MR) is 110 cm³/mol. The van der Waals surface area contributed by atoms with Gasteiger partial charge in [-0.2, -0.15) is 0 Å². The third-order valence-corrected chi connectivity index (χ3v) is 5.53. The minimum atomic E-state index is -0.250. The van der Waals surface area contributed by atoms with E-state index in [4.69, 9.17) is 27.9 Å². The molecule has 1 heterocycles. The third-order valence-electron chi connectivity index (χ3n) is 3.91. The molecule has 0 atom stereocenters. The highest BCUT2D eigenvalue weighted by Crippen LogP contribution is 2.33. The highest BCUT2D eigenvalue weighted by molar-refractivity contribution is 8.18. The number of imide groups is 1. The summed E-state index contributed by atoms with van der Waals surface area (Å²) in [5.41, 5.74) is 1.74. The normalized spacial score (nSPS) is 15.9. The molecule has 2 amide bonds. The average Bonchev–Trinajstić information content (AvgIpc) is 2.91. The van der Waals surface area contributed by atoms with Crippen LogP contribution >= 0.6 is 35.0 Å². The number of hydrogen-bond donors (Lipinski definition) is 0. The van der Waals surface area contributed by atoms with Crippen LogP contribution in [-0.2, 0) is 11.4 Å². The largest absolute Gasteiger partial charge is 0.489 e. The highest BCUT2D eigenvalue weighted by atomic mass is 35.5. The van der Waals surface area contributed by atoms with Gasteiger partial charge in [-0.05, 0) is 67.1 Å². The van der Waals surface area contributed by atoms with Gasteiger partial charge in [0.1, 0.15) is 12.4 Å². The molecule has 3 rings (SSSR count). The lowest BCUT2D eigenvalue weighted by Gasteiger charge is -2.16. The molecule has 2 aromatic rings. The lowest BCUT2D eigenvalue weighted by Crippen LogP contribution is -2.34. The quantitative estimate of drug-likeness (QED) is 0.553. The number of nitrogens with zero attached hydrogens (tertiary/aromatic N) is 1. The minimum absolute atomic E-state index is 0.152. The molecule has 0 radical (unpaired) electrons. The Balaban J connectivity index is 1.66. The number of rotatable bonds is 5. The molecule has 0 bridgehead atoms. The highest BCUT2D eigenvalue weighted by Gasteiger charge is 2.36. The zero-order chi connectivity index (χ0) is 19.6. The van der Waals surface area contributed by atoms with Gasteiger partial charge in [0.15, 0.2) is 0 Å². The number of amides is 2. The topological polar surface area (TPSA) is 46.6 Å². The third kappa shape index (κ3) is 4.67. The van der Waals surface area contributed by atoms with E-state index in [0.717, 1.165) is 22.9 Å². The second-order valence-electron chi connectivity index (χ2n) is 6.25. The number of carbonyl (C=O) groups is 2. The van der Waals surface area contributed by atoms with E-state index < -0.39 is 0 Å². The van der Waals surface area contributed by atoms with Crippen LogP contribution in [-0.4, -0.2) is 22.1 Å². The summed E-state index contributed by atoms with van der Waals surface area (Å²) in [4.78, 5) is 25.9. The molecule has 2 aromatic carbocycles. The van der Waals surface area contributed by atoms with Gasteiger partial charge in [-0.15, -0.1) is 0 Å². The summed E-state index contributed by atoms with van der Waals surface area (Å²) < 4.78 is 5.74. The summed E-state index contributed by atoms with van der Waals surface area (Å²) in [6, 6.07) is 12.5. The fraction of sp³-hybridized carbons (Fsp3) is 0.200. The Kier molecular flexibility index (Phi) is 6.15. The molecule has 0 N–H and O–H groups in total. The number of carbonyl (C=O) groups excluding carboxylic acids is 2. The van der Waals surface area contributed by atoms with E-state index in [1.807, 2.05) is 44.2 Å². The van der Waals surface area contributed by atoms with E-state index in [9.17, 15) is 9.59 Å². The van der Waals surface area contributed by atoms with Crippen molar-refractivity contribution in [2.24, 2.45) is 0 Å². The van der Waals surface area contributed by atoms with E-state index in [1.54, 1.807) is 18.2 Å². The molecule has 0 aromatic heterocycles. The number of benzene rings is 2. The summed E-state index contributed by atoms with van der Waals surface area (Å²) in [5, 5.41) is 0.762. The molecule has 0 aliphatic carbocycles. The molecule has 1 saturated heterocycles. The fourth-order valence-electron chi connectivity index (χ4n) is 2.53. The molecule has 0 spiro atoms. The molecule has 0 unspecified atom stereocenters. The van der Waals surface area contributed by atoms with E-state index in [2.05, 4.69) is 0 Å². The second-order valence-corrected chi connectivity index (χ2v) is 8.06. The summed E-state index contributed by atoms with van der Waals surface area (Å²) in [5.74, 6) is 0.438. The average molecular weight is 422 g/mol. The molecule has 140 valence electrons. The summed E-state index contributed by atoms with van der Waals surface area (Å²) >= 11 is 12.9. The lowest BCUT2D eigenvalue weighted by atomic mass is 10.2. The van der Waals surface area contributed by atoms with Crippen molar-refractivity contribution >= 4 is 52.2 Å². The monoisotopic (exact) mass is 421 g/mol. The zero-order valence-electron chi connectivity index (χ0n) is 14.7. The van der Waals surface area contributed by atoms with E-state index in [0.29, 0.717) is 27.3 Å². The second kappa shape index (κ2) is 8.38. The molecule has 1 aliphatic rings. The Labute approximate surface area is 172 Å². The first kappa shape index (κ1) is 19.8. The van der Waals surface area contributed by atoms with Crippen molar-refractivity contribution in [2.45, 2.75) is 26.5 Å². The van der Waals surface area contributed by atoms with Gasteiger partial charge in [0, 0.05) is 6.04 Å². The Morgan fingerprint density at radius 3 is 2.37 bits per heavy atom. The van der Waals surface area contributed by atoms with Crippen LogP contribution < -0.4 is 4.74 Å². The van der Waals surface area contributed by atoms with Crippen molar-refractivity contribution < 1.29 is 14.3 Å². The number of hydrogen-bond acceptors (Lipinski definition) is 4. The zero-order valence-corrected chi connectivity index (χ0v) is 17.1. The summed E-state index contributed by atoms with van der Waals surface area (Å²) in [7, 11) is 0. The Bertz CT molecular complexity index is 910. The summed E-state index contributed by atoms with van der Waals surface area (Å²) in [6.45, 7) is 4.00. The van der Waals surface area contributed by atoms with Crippen molar-refractivity contribution in [2.75, 3.05) is 0 Å². The molecular formula is C20H17Cl2NO3S. The molecule has 27 heavy (non-hydrogen) atoms. The first-order valence-electron chi connectivity index (χ1n) is 8.29. The van der Waals surface area contributed by atoms with Crippen molar-refractivity contribution in [1.29, 1.82) is 0 Å². The SMILES string of the molecule is CC(C)N1C(=O)S/C(=C/c2ccc(OCc3ccc(Cl)c(Cl)c3)cc2)C1=O. The molecule has 4 nitrogen and oxygen atoms in total.